The van der Waals surface area contributed by atoms with Crippen LogP contribution in [-0.4, -0.2) is 64.6 Å². The summed E-state index contributed by atoms with van der Waals surface area (Å²) < 4.78 is 0. The first-order valence-electron chi connectivity index (χ1n) is 13.7. The topological polar surface area (TPSA) is 85.8 Å². The Morgan fingerprint density at radius 1 is 1.03 bits per heavy atom. The molecule has 4 aliphatic rings. The summed E-state index contributed by atoms with van der Waals surface area (Å²) in [5, 5.41) is 13.5. The molecule has 2 saturated heterocycles. The van der Waals surface area contributed by atoms with Crippen LogP contribution in [0.3, 0.4) is 0 Å². The van der Waals surface area contributed by atoms with E-state index in [0.29, 0.717) is 23.2 Å². The number of pyridine rings is 1. The van der Waals surface area contributed by atoms with Crippen molar-refractivity contribution in [1.29, 1.82) is 0 Å². The van der Waals surface area contributed by atoms with Crippen LogP contribution in [0.2, 0.25) is 5.02 Å². The number of hydrogen-bond donors (Lipinski definition) is 2. The van der Waals surface area contributed by atoms with Gasteiger partial charge in [-0.1, -0.05) is 23.7 Å². The summed E-state index contributed by atoms with van der Waals surface area (Å²) in [5.41, 5.74) is 2.15. The average Bonchev–Trinajstić information content (AvgIpc) is 3.68. The van der Waals surface area contributed by atoms with Crippen LogP contribution in [0.1, 0.15) is 68.1 Å². The van der Waals surface area contributed by atoms with E-state index in [1.165, 1.54) is 0 Å². The van der Waals surface area contributed by atoms with Gasteiger partial charge in [0.1, 0.15) is 5.82 Å². The summed E-state index contributed by atoms with van der Waals surface area (Å²) >= 11 is 6.77. The number of carbonyl (C=O) groups is 2. The number of nitrogens with zero attached hydrogens (tertiary/aromatic N) is 3. The molecular formula is C29H35ClN4O3. The summed E-state index contributed by atoms with van der Waals surface area (Å²) in [6.07, 6.45) is 9.84. The number of aliphatic hydroxyl groups is 1. The molecule has 2 aliphatic carbocycles. The minimum absolute atomic E-state index is 0.0271. The number of anilines is 1. The zero-order chi connectivity index (χ0) is 25.6. The molecule has 2 aliphatic heterocycles. The summed E-state index contributed by atoms with van der Waals surface area (Å²) in [6, 6.07) is 10.1. The second-order valence-corrected chi connectivity index (χ2v) is 11.8. The van der Waals surface area contributed by atoms with Gasteiger partial charge in [-0.2, -0.15) is 0 Å². The van der Waals surface area contributed by atoms with E-state index in [-0.39, 0.29) is 29.4 Å². The highest BCUT2D eigenvalue weighted by molar-refractivity contribution is 6.33. The molecule has 7 nitrogen and oxygen atoms in total. The molecule has 6 rings (SSSR count). The number of amides is 2. The number of hydrogen-bond acceptors (Lipinski definition) is 5. The molecule has 1 aromatic heterocycles. The third kappa shape index (κ3) is 4.96. The van der Waals surface area contributed by atoms with E-state index in [4.69, 9.17) is 16.6 Å². The van der Waals surface area contributed by atoms with Crippen LogP contribution in [0, 0.1) is 5.41 Å². The Labute approximate surface area is 223 Å². The first-order valence-corrected chi connectivity index (χ1v) is 14.1. The van der Waals surface area contributed by atoms with E-state index in [9.17, 15) is 14.7 Å². The Kier molecular flexibility index (Phi) is 6.61. The number of carbonyl (C=O) groups excluding carboxylic acids is 2. The maximum Gasteiger partial charge on any atom is 0.251 e. The van der Waals surface area contributed by atoms with Crippen molar-refractivity contribution in [3.8, 4) is 11.1 Å². The van der Waals surface area contributed by atoms with Crippen LogP contribution in [-0.2, 0) is 4.79 Å². The van der Waals surface area contributed by atoms with E-state index < -0.39 is 0 Å². The number of benzene rings is 1. The van der Waals surface area contributed by atoms with Gasteiger partial charge in [-0.25, -0.2) is 4.98 Å². The Morgan fingerprint density at radius 2 is 1.78 bits per heavy atom. The zero-order valence-electron chi connectivity index (χ0n) is 21.2. The Balaban J connectivity index is 1.15. The molecule has 1 unspecified atom stereocenters. The number of rotatable bonds is 5. The minimum atomic E-state index is -0.366. The normalized spacial score (nSPS) is 28.1. The van der Waals surface area contributed by atoms with Crippen molar-refractivity contribution < 1.29 is 14.7 Å². The standard InChI is InChI=1S/C29H35ClN4O3/c30-25-16-21(19-2-4-20(5-3-19)27(36)32-22-6-7-22)17-31-26(25)33-14-1-12-29(18-33)13-15-34(28(29)37)23-8-10-24(35)11-9-23/h2-5,16-17,22-24,35H,1,6-15,18H2,(H,32,36)/t23-,24+,29?. The summed E-state index contributed by atoms with van der Waals surface area (Å²) in [7, 11) is 0. The highest BCUT2D eigenvalue weighted by Crippen LogP contribution is 2.44. The van der Waals surface area contributed by atoms with E-state index in [1.54, 1.807) is 0 Å². The molecule has 37 heavy (non-hydrogen) atoms. The molecule has 2 aromatic rings. The zero-order valence-corrected chi connectivity index (χ0v) is 21.9. The number of nitrogens with one attached hydrogen (secondary N) is 1. The Morgan fingerprint density at radius 3 is 2.49 bits per heavy atom. The third-order valence-electron chi connectivity index (χ3n) is 8.74. The van der Waals surface area contributed by atoms with Crippen molar-refractivity contribution >= 4 is 29.2 Å². The molecule has 2 saturated carbocycles. The number of aromatic nitrogens is 1. The lowest BCUT2D eigenvalue weighted by Crippen LogP contribution is -2.50. The van der Waals surface area contributed by atoms with Crippen LogP contribution in [0.25, 0.3) is 11.1 Å². The maximum atomic E-state index is 13.7. The van der Waals surface area contributed by atoms with Gasteiger partial charge in [-0.3, -0.25) is 9.59 Å². The smallest absolute Gasteiger partial charge is 0.251 e. The third-order valence-corrected chi connectivity index (χ3v) is 9.02. The van der Waals surface area contributed by atoms with Gasteiger partial charge < -0.3 is 20.2 Å². The first-order chi connectivity index (χ1) is 17.9. The van der Waals surface area contributed by atoms with Crippen molar-refractivity contribution in [2.75, 3.05) is 24.5 Å². The van der Waals surface area contributed by atoms with E-state index in [1.807, 2.05) is 36.5 Å². The fourth-order valence-electron chi connectivity index (χ4n) is 6.39. The summed E-state index contributed by atoms with van der Waals surface area (Å²) in [5.74, 6) is 0.981. The lowest BCUT2D eigenvalue weighted by molar-refractivity contribution is -0.139. The van der Waals surface area contributed by atoms with Crippen molar-refractivity contribution in [3.63, 3.8) is 0 Å². The SMILES string of the molecule is O=C(NC1CC1)c1ccc(-c2cnc(N3CCCC4(CCN([C@H]5CC[C@@H](O)CC5)C4=O)C3)c(Cl)c2)cc1. The summed E-state index contributed by atoms with van der Waals surface area (Å²) in [6.45, 7) is 2.29. The maximum absolute atomic E-state index is 13.7. The van der Waals surface area contributed by atoms with E-state index in [0.717, 1.165) is 87.8 Å². The molecule has 3 heterocycles. The second kappa shape index (κ2) is 9.91. The van der Waals surface area contributed by atoms with Gasteiger partial charge in [-0.05, 0) is 81.5 Å². The van der Waals surface area contributed by atoms with E-state index in [2.05, 4.69) is 15.1 Å². The molecule has 2 N–H and O–H groups in total. The predicted octanol–water partition coefficient (Wildman–Crippen LogP) is 4.42. The second-order valence-electron chi connectivity index (χ2n) is 11.4. The van der Waals surface area contributed by atoms with Crippen molar-refractivity contribution in [1.82, 2.24) is 15.2 Å². The van der Waals surface area contributed by atoms with Crippen molar-refractivity contribution in [3.05, 3.63) is 47.1 Å². The first kappa shape index (κ1) is 24.7. The lowest BCUT2D eigenvalue weighted by Gasteiger charge is -2.41. The van der Waals surface area contributed by atoms with Gasteiger partial charge in [-0.15, -0.1) is 0 Å². The lowest BCUT2D eigenvalue weighted by atomic mass is 9.78. The van der Waals surface area contributed by atoms with Crippen LogP contribution in [0.15, 0.2) is 36.5 Å². The molecule has 0 radical (unpaired) electrons. The number of piperidine rings is 1. The molecule has 196 valence electrons. The molecule has 1 aromatic carbocycles. The largest absolute Gasteiger partial charge is 0.393 e. The molecule has 0 bridgehead atoms. The van der Waals surface area contributed by atoms with Crippen molar-refractivity contribution in [2.24, 2.45) is 5.41 Å². The Hall–Kier alpha value is -2.64. The van der Waals surface area contributed by atoms with Gasteiger partial charge in [0.05, 0.1) is 16.5 Å². The molecule has 4 fully saturated rings. The number of likely N-dealkylation sites (tertiary alicyclic amines) is 1. The van der Waals surface area contributed by atoms with Gasteiger partial charge in [0.2, 0.25) is 5.91 Å². The Bertz CT molecular complexity index is 1180. The van der Waals surface area contributed by atoms with Gasteiger partial charge >= 0.3 is 0 Å². The van der Waals surface area contributed by atoms with Gasteiger partial charge in [0, 0.05) is 49.0 Å². The molecule has 2 amide bonds. The number of halogens is 1. The fourth-order valence-corrected chi connectivity index (χ4v) is 6.67. The monoisotopic (exact) mass is 522 g/mol. The minimum Gasteiger partial charge on any atom is -0.393 e. The average molecular weight is 523 g/mol. The van der Waals surface area contributed by atoms with E-state index >= 15 is 0 Å². The fraction of sp³-hybridized carbons (Fsp3) is 0.552. The van der Waals surface area contributed by atoms with Crippen molar-refractivity contribution in [2.45, 2.75) is 76.0 Å². The van der Waals surface area contributed by atoms with Gasteiger partial charge in [0.15, 0.2) is 0 Å². The molecular weight excluding hydrogens is 488 g/mol. The van der Waals surface area contributed by atoms with Crippen LogP contribution in [0.5, 0.6) is 0 Å². The summed E-state index contributed by atoms with van der Waals surface area (Å²) in [4.78, 5) is 35.0. The molecule has 1 spiro atoms. The highest BCUT2D eigenvalue weighted by Gasteiger charge is 2.51. The molecule has 8 heteroatoms. The van der Waals surface area contributed by atoms with Crippen LogP contribution >= 0.6 is 11.6 Å². The quantitative estimate of drug-likeness (QED) is 0.607. The predicted molar refractivity (Wildman–Crippen MR) is 144 cm³/mol. The molecule has 1 atom stereocenters. The van der Waals surface area contributed by atoms with Gasteiger partial charge in [0.25, 0.3) is 5.91 Å². The number of aliphatic hydroxyl groups excluding tert-OH is 1. The highest BCUT2D eigenvalue weighted by atomic mass is 35.5. The van der Waals surface area contributed by atoms with Crippen LogP contribution < -0.4 is 10.2 Å². The van der Waals surface area contributed by atoms with Crippen LogP contribution in [0.4, 0.5) is 5.82 Å².